The van der Waals surface area contributed by atoms with Gasteiger partial charge in [0, 0.05) is 24.0 Å². The maximum Gasteiger partial charge on any atom is 0.252 e. The van der Waals surface area contributed by atoms with Crippen molar-refractivity contribution >= 4 is 21.4 Å². The van der Waals surface area contributed by atoms with E-state index in [1.54, 1.807) is 10.4 Å². The summed E-state index contributed by atoms with van der Waals surface area (Å²) < 4.78 is 28.1. The SMILES string of the molecule is CCc1ccc(S(=O)(=O)N(CC2CC2)CC2CCCN2)s1. The lowest BCUT2D eigenvalue weighted by molar-refractivity contribution is 0.359. The molecule has 1 unspecified atom stereocenters. The molecule has 0 bridgehead atoms. The van der Waals surface area contributed by atoms with E-state index in [2.05, 4.69) is 12.2 Å². The minimum Gasteiger partial charge on any atom is -0.313 e. The standard InChI is InChI=1S/C15H24N2O2S2/c1-2-14-7-8-15(20-14)21(18,19)17(10-12-5-6-12)11-13-4-3-9-16-13/h7-8,12-13,16H,2-6,9-11H2,1H3. The Hall–Kier alpha value is -0.430. The lowest BCUT2D eigenvalue weighted by atomic mass is 10.2. The van der Waals surface area contributed by atoms with Crippen molar-refractivity contribution in [2.45, 2.75) is 49.3 Å². The molecule has 1 aliphatic heterocycles. The molecule has 4 nitrogen and oxygen atoms in total. The summed E-state index contributed by atoms with van der Waals surface area (Å²) in [7, 11) is -3.32. The van der Waals surface area contributed by atoms with Gasteiger partial charge < -0.3 is 5.32 Å². The minimum absolute atomic E-state index is 0.323. The summed E-state index contributed by atoms with van der Waals surface area (Å²) in [6.45, 7) is 4.39. The zero-order valence-corrected chi connectivity index (χ0v) is 14.2. The van der Waals surface area contributed by atoms with Gasteiger partial charge in [0.05, 0.1) is 0 Å². The Kier molecular flexibility index (Phi) is 4.69. The van der Waals surface area contributed by atoms with Crippen LogP contribution in [0.4, 0.5) is 0 Å². The van der Waals surface area contributed by atoms with Crippen molar-refractivity contribution in [3.8, 4) is 0 Å². The van der Waals surface area contributed by atoms with Crippen LogP contribution in [-0.4, -0.2) is 38.4 Å². The highest BCUT2D eigenvalue weighted by Crippen LogP contribution is 2.33. The molecule has 1 aliphatic carbocycles. The maximum absolute atomic E-state index is 12.9. The van der Waals surface area contributed by atoms with Gasteiger partial charge in [0.25, 0.3) is 10.0 Å². The van der Waals surface area contributed by atoms with Crippen molar-refractivity contribution in [3.63, 3.8) is 0 Å². The molecule has 0 spiro atoms. The minimum atomic E-state index is -3.32. The molecule has 1 atom stereocenters. The summed E-state index contributed by atoms with van der Waals surface area (Å²) in [4.78, 5) is 1.14. The molecular weight excluding hydrogens is 304 g/mol. The average molecular weight is 329 g/mol. The van der Waals surface area contributed by atoms with Gasteiger partial charge in [0.15, 0.2) is 0 Å². The molecular formula is C15H24N2O2S2. The molecule has 2 heterocycles. The van der Waals surface area contributed by atoms with Gasteiger partial charge in [0.1, 0.15) is 4.21 Å². The number of nitrogens with one attached hydrogen (secondary N) is 1. The first-order valence-corrected chi connectivity index (χ1v) is 10.2. The van der Waals surface area contributed by atoms with Gasteiger partial charge >= 0.3 is 0 Å². The molecule has 2 aliphatic rings. The zero-order valence-electron chi connectivity index (χ0n) is 12.5. The van der Waals surface area contributed by atoms with Crippen molar-refractivity contribution in [1.29, 1.82) is 0 Å². The molecule has 3 rings (SSSR count). The van der Waals surface area contributed by atoms with E-state index in [4.69, 9.17) is 0 Å². The van der Waals surface area contributed by atoms with E-state index in [-0.39, 0.29) is 0 Å². The van der Waals surface area contributed by atoms with Crippen LogP contribution in [-0.2, 0) is 16.4 Å². The van der Waals surface area contributed by atoms with Crippen LogP contribution >= 0.6 is 11.3 Å². The Labute approximate surface area is 131 Å². The van der Waals surface area contributed by atoms with Gasteiger partial charge in [0.2, 0.25) is 0 Å². The first kappa shape index (κ1) is 15.5. The van der Waals surface area contributed by atoms with Gasteiger partial charge in [-0.3, -0.25) is 0 Å². The van der Waals surface area contributed by atoms with Crippen LogP contribution < -0.4 is 5.32 Å². The third-order valence-electron chi connectivity index (χ3n) is 4.32. The van der Waals surface area contributed by atoms with Crippen molar-refractivity contribution in [1.82, 2.24) is 9.62 Å². The summed E-state index contributed by atoms with van der Waals surface area (Å²) >= 11 is 1.42. The number of aryl methyl sites for hydroxylation is 1. The molecule has 0 amide bonds. The summed E-state index contributed by atoms with van der Waals surface area (Å²) in [6.07, 6.45) is 5.48. The monoisotopic (exact) mass is 328 g/mol. The van der Waals surface area contributed by atoms with E-state index in [1.807, 2.05) is 6.07 Å². The molecule has 21 heavy (non-hydrogen) atoms. The van der Waals surface area contributed by atoms with Crippen LogP contribution in [0.15, 0.2) is 16.3 Å². The highest BCUT2D eigenvalue weighted by molar-refractivity contribution is 7.91. The van der Waals surface area contributed by atoms with Crippen molar-refractivity contribution in [3.05, 3.63) is 17.0 Å². The number of hydrogen-bond donors (Lipinski definition) is 1. The number of sulfonamides is 1. The van der Waals surface area contributed by atoms with E-state index in [9.17, 15) is 8.42 Å². The lowest BCUT2D eigenvalue weighted by Gasteiger charge is -2.24. The quantitative estimate of drug-likeness (QED) is 0.836. The Balaban J connectivity index is 1.78. The molecule has 118 valence electrons. The zero-order chi connectivity index (χ0) is 14.9. The van der Waals surface area contributed by atoms with Gasteiger partial charge in [-0.1, -0.05) is 6.92 Å². The molecule has 0 radical (unpaired) electrons. The fraction of sp³-hybridized carbons (Fsp3) is 0.733. The summed E-state index contributed by atoms with van der Waals surface area (Å²) in [5.74, 6) is 0.576. The predicted octanol–water partition coefficient (Wildman–Crippen LogP) is 2.46. The van der Waals surface area contributed by atoms with Crippen LogP contribution in [0.3, 0.4) is 0 Å². The van der Waals surface area contributed by atoms with Crippen LogP contribution in [0.2, 0.25) is 0 Å². The third-order valence-corrected chi connectivity index (χ3v) is 7.85. The molecule has 1 saturated heterocycles. The Morgan fingerprint density at radius 2 is 2.10 bits per heavy atom. The highest BCUT2D eigenvalue weighted by atomic mass is 32.2. The topological polar surface area (TPSA) is 49.4 Å². The van der Waals surface area contributed by atoms with E-state index in [0.717, 1.165) is 30.7 Å². The summed E-state index contributed by atoms with van der Waals surface area (Å²) in [5, 5.41) is 3.42. The Morgan fingerprint density at radius 1 is 1.29 bits per heavy atom. The second-order valence-electron chi connectivity index (χ2n) is 6.13. The molecule has 1 aromatic heterocycles. The van der Waals surface area contributed by atoms with Gasteiger partial charge in [-0.05, 0) is 56.7 Å². The number of thiophene rings is 1. The largest absolute Gasteiger partial charge is 0.313 e. The lowest BCUT2D eigenvalue weighted by Crippen LogP contribution is -2.41. The smallest absolute Gasteiger partial charge is 0.252 e. The average Bonchev–Trinajstić information content (AvgIpc) is 2.96. The van der Waals surface area contributed by atoms with Crippen molar-refractivity contribution in [2.75, 3.05) is 19.6 Å². The third kappa shape index (κ3) is 3.67. The molecule has 6 heteroatoms. The summed E-state index contributed by atoms with van der Waals surface area (Å²) in [5.41, 5.74) is 0. The normalized spacial score (nSPS) is 23.0. The Morgan fingerprint density at radius 3 is 2.67 bits per heavy atom. The van der Waals surface area contributed by atoms with E-state index in [0.29, 0.717) is 29.3 Å². The van der Waals surface area contributed by atoms with E-state index in [1.165, 1.54) is 24.2 Å². The van der Waals surface area contributed by atoms with Crippen LogP contribution in [0.25, 0.3) is 0 Å². The van der Waals surface area contributed by atoms with Gasteiger partial charge in [-0.15, -0.1) is 11.3 Å². The van der Waals surface area contributed by atoms with Crippen LogP contribution in [0.1, 0.15) is 37.5 Å². The number of rotatable bonds is 7. The van der Waals surface area contributed by atoms with Gasteiger partial charge in [-0.2, -0.15) is 4.31 Å². The fourth-order valence-electron chi connectivity index (χ4n) is 2.83. The summed E-state index contributed by atoms with van der Waals surface area (Å²) in [6, 6.07) is 4.05. The van der Waals surface area contributed by atoms with Crippen molar-refractivity contribution in [2.24, 2.45) is 5.92 Å². The van der Waals surface area contributed by atoms with Gasteiger partial charge in [-0.25, -0.2) is 8.42 Å². The first-order valence-electron chi connectivity index (χ1n) is 7.92. The first-order chi connectivity index (χ1) is 10.1. The predicted molar refractivity (Wildman–Crippen MR) is 86.2 cm³/mol. The number of nitrogens with zero attached hydrogens (tertiary/aromatic N) is 1. The van der Waals surface area contributed by atoms with E-state index >= 15 is 0 Å². The maximum atomic E-state index is 12.9. The Bertz CT molecular complexity index is 572. The van der Waals surface area contributed by atoms with E-state index < -0.39 is 10.0 Å². The second-order valence-corrected chi connectivity index (χ2v) is 9.47. The number of hydrogen-bond acceptors (Lipinski definition) is 4. The molecule has 1 N–H and O–H groups in total. The van der Waals surface area contributed by atoms with Crippen LogP contribution in [0.5, 0.6) is 0 Å². The van der Waals surface area contributed by atoms with Crippen molar-refractivity contribution < 1.29 is 8.42 Å². The molecule has 2 fully saturated rings. The second kappa shape index (κ2) is 6.36. The highest BCUT2D eigenvalue weighted by Gasteiger charge is 2.34. The fourth-order valence-corrected chi connectivity index (χ4v) is 5.84. The molecule has 0 aromatic carbocycles. The molecule has 1 aromatic rings. The molecule has 1 saturated carbocycles. The van der Waals surface area contributed by atoms with Crippen LogP contribution in [0, 0.1) is 5.92 Å².